The Kier molecular flexibility index (Phi) is 16.1. The SMILES string of the molecule is CCCC[P+](CCCC)(CCCC)CCCC.O=S(=O)([O-])Cc1ccccc1. The lowest BCUT2D eigenvalue weighted by Gasteiger charge is -2.28. The highest BCUT2D eigenvalue weighted by atomic mass is 32.2. The summed E-state index contributed by atoms with van der Waals surface area (Å²) in [5, 5.41) is 0. The van der Waals surface area contributed by atoms with Gasteiger partial charge in [0.25, 0.3) is 0 Å². The Labute approximate surface area is 175 Å². The fourth-order valence-corrected chi connectivity index (χ4v) is 9.31. The highest BCUT2D eigenvalue weighted by Gasteiger charge is 2.34. The van der Waals surface area contributed by atoms with Gasteiger partial charge in [0, 0.05) is 7.26 Å². The summed E-state index contributed by atoms with van der Waals surface area (Å²) in [7, 11) is -4.69. The third kappa shape index (κ3) is 14.5. The minimum absolute atomic E-state index is 0.423. The van der Waals surface area contributed by atoms with E-state index in [9.17, 15) is 13.0 Å². The molecule has 1 aromatic rings. The van der Waals surface area contributed by atoms with Crippen LogP contribution in [0.2, 0.25) is 0 Å². The maximum absolute atomic E-state index is 10.2. The lowest BCUT2D eigenvalue weighted by atomic mass is 10.2. The number of hydrogen-bond acceptors (Lipinski definition) is 3. The standard InChI is InChI=1S/C16H36P.C7H8O3S/c1-5-9-13-17(14-10-6-2,15-11-7-3)16-12-8-4;8-11(9,10)6-7-4-2-1-3-5-7/h5-16H2,1-4H3;1-5H,6H2,(H,8,9,10)/q+1;/p-1. The van der Waals surface area contributed by atoms with Gasteiger partial charge in [-0.25, -0.2) is 8.42 Å². The minimum Gasteiger partial charge on any atom is -0.748 e. The van der Waals surface area contributed by atoms with Gasteiger partial charge in [-0.1, -0.05) is 83.7 Å². The third-order valence-corrected chi connectivity index (χ3v) is 10.9. The molecule has 0 aliphatic carbocycles. The zero-order chi connectivity index (χ0) is 21.3. The summed E-state index contributed by atoms with van der Waals surface area (Å²) >= 11 is 0. The van der Waals surface area contributed by atoms with Gasteiger partial charge in [-0.15, -0.1) is 0 Å². The molecule has 1 rings (SSSR count). The van der Waals surface area contributed by atoms with Gasteiger partial charge in [0.1, 0.15) is 0 Å². The van der Waals surface area contributed by atoms with Crippen LogP contribution in [0.4, 0.5) is 0 Å². The fourth-order valence-electron chi connectivity index (χ4n) is 3.42. The summed E-state index contributed by atoms with van der Waals surface area (Å²) in [5.74, 6) is -0.423. The molecule has 164 valence electrons. The van der Waals surface area contributed by atoms with Crippen LogP contribution < -0.4 is 0 Å². The van der Waals surface area contributed by atoms with Gasteiger partial charge in [-0.2, -0.15) is 0 Å². The van der Waals surface area contributed by atoms with Crippen molar-refractivity contribution in [2.24, 2.45) is 0 Å². The van der Waals surface area contributed by atoms with E-state index in [2.05, 4.69) is 27.7 Å². The summed E-state index contributed by atoms with van der Waals surface area (Å²) in [6.07, 6.45) is 17.9. The van der Waals surface area contributed by atoms with Crippen LogP contribution in [0.25, 0.3) is 0 Å². The topological polar surface area (TPSA) is 57.2 Å². The van der Waals surface area contributed by atoms with Crippen molar-refractivity contribution in [2.75, 3.05) is 24.6 Å². The Morgan fingerprint density at radius 1 is 0.714 bits per heavy atom. The monoisotopic (exact) mass is 430 g/mol. The quantitative estimate of drug-likeness (QED) is 0.237. The number of hydrogen-bond donors (Lipinski definition) is 0. The predicted molar refractivity (Wildman–Crippen MR) is 126 cm³/mol. The van der Waals surface area contributed by atoms with E-state index < -0.39 is 23.1 Å². The lowest BCUT2D eigenvalue weighted by Crippen LogP contribution is -2.12. The molecule has 5 heteroatoms. The van der Waals surface area contributed by atoms with Crippen molar-refractivity contribution in [3.63, 3.8) is 0 Å². The molecule has 1 aromatic carbocycles. The molecular weight excluding hydrogens is 387 g/mol. The van der Waals surface area contributed by atoms with Crippen LogP contribution >= 0.6 is 7.26 Å². The molecule has 28 heavy (non-hydrogen) atoms. The first-order valence-corrected chi connectivity index (χ1v) is 15.3. The smallest absolute Gasteiger partial charge is 0.0988 e. The zero-order valence-corrected chi connectivity index (χ0v) is 20.4. The van der Waals surface area contributed by atoms with Gasteiger partial charge in [-0.3, -0.25) is 0 Å². The molecule has 0 saturated carbocycles. The van der Waals surface area contributed by atoms with E-state index in [1.807, 2.05) is 0 Å². The second kappa shape index (κ2) is 16.4. The molecule has 0 heterocycles. The van der Waals surface area contributed by atoms with Crippen molar-refractivity contribution < 1.29 is 13.0 Å². The van der Waals surface area contributed by atoms with Crippen molar-refractivity contribution in [1.29, 1.82) is 0 Å². The van der Waals surface area contributed by atoms with Gasteiger partial charge >= 0.3 is 0 Å². The van der Waals surface area contributed by atoms with Gasteiger partial charge in [-0.05, 0) is 31.2 Å². The van der Waals surface area contributed by atoms with Crippen LogP contribution in [-0.4, -0.2) is 37.6 Å². The van der Waals surface area contributed by atoms with E-state index >= 15 is 0 Å². The maximum atomic E-state index is 10.2. The molecule has 0 aliphatic rings. The highest BCUT2D eigenvalue weighted by molar-refractivity contribution is 7.84. The van der Waals surface area contributed by atoms with Gasteiger partial charge in [0.15, 0.2) is 0 Å². The van der Waals surface area contributed by atoms with Crippen molar-refractivity contribution in [2.45, 2.75) is 84.8 Å². The van der Waals surface area contributed by atoms with Gasteiger partial charge < -0.3 is 4.55 Å². The van der Waals surface area contributed by atoms with E-state index in [1.54, 1.807) is 55.0 Å². The molecule has 0 aliphatic heterocycles. The second-order valence-corrected chi connectivity index (χ2v) is 13.7. The Balaban J connectivity index is 0.000000567. The summed E-state index contributed by atoms with van der Waals surface area (Å²) in [6.45, 7) is 9.42. The van der Waals surface area contributed by atoms with Crippen molar-refractivity contribution >= 4 is 17.4 Å². The Morgan fingerprint density at radius 3 is 1.36 bits per heavy atom. The van der Waals surface area contributed by atoms with Crippen molar-refractivity contribution in [3.8, 4) is 0 Å². The first kappa shape index (κ1) is 27.6. The molecule has 0 unspecified atom stereocenters. The second-order valence-electron chi connectivity index (χ2n) is 7.84. The minimum atomic E-state index is -4.13. The average molecular weight is 431 g/mol. The predicted octanol–water partition coefficient (Wildman–Crippen LogP) is 6.94. The van der Waals surface area contributed by atoms with Crippen LogP contribution in [-0.2, 0) is 15.9 Å². The maximum Gasteiger partial charge on any atom is 0.0988 e. The van der Waals surface area contributed by atoms with Crippen LogP contribution in [0.15, 0.2) is 30.3 Å². The zero-order valence-electron chi connectivity index (χ0n) is 18.7. The van der Waals surface area contributed by atoms with Crippen LogP contribution in [0.3, 0.4) is 0 Å². The molecule has 0 saturated heterocycles. The molecule has 3 nitrogen and oxygen atoms in total. The number of rotatable bonds is 14. The van der Waals surface area contributed by atoms with Gasteiger partial charge in [0.2, 0.25) is 0 Å². The molecule has 0 amide bonds. The lowest BCUT2D eigenvalue weighted by molar-refractivity contribution is 0.462. The van der Waals surface area contributed by atoms with E-state index in [1.165, 1.54) is 51.4 Å². The van der Waals surface area contributed by atoms with Crippen LogP contribution in [0, 0.1) is 0 Å². The van der Waals surface area contributed by atoms with Crippen LogP contribution in [0.5, 0.6) is 0 Å². The Bertz CT molecular complexity index is 535. The fraction of sp³-hybridized carbons (Fsp3) is 0.739. The molecule has 0 radical (unpaired) electrons. The Hall–Kier alpha value is -0.440. The first-order chi connectivity index (χ1) is 13.3. The van der Waals surface area contributed by atoms with E-state index in [4.69, 9.17) is 0 Å². The van der Waals surface area contributed by atoms with Crippen molar-refractivity contribution in [1.82, 2.24) is 0 Å². The molecule has 0 atom stereocenters. The molecule has 0 spiro atoms. The summed E-state index contributed by atoms with van der Waals surface area (Å²) in [4.78, 5) is 0. The number of unbranched alkanes of at least 4 members (excludes halogenated alkanes) is 4. The summed E-state index contributed by atoms with van der Waals surface area (Å²) in [6, 6.07) is 8.37. The van der Waals surface area contributed by atoms with E-state index in [0.29, 0.717) is 5.56 Å². The molecule has 0 fully saturated rings. The largest absolute Gasteiger partial charge is 0.748 e. The first-order valence-electron chi connectivity index (χ1n) is 11.1. The summed E-state index contributed by atoms with van der Waals surface area (Å²) < 4.78 is 30.7. The molecule has 0 N–H and O–H groups in total. The molecule has 0 aromatic heterocycles. The summed E-state index contributed by atoms with van der Waals surface area (Å²) in [5.41, 5.74) is 0.530. The van der Waals surface area contributed by atoms with E-state index in [0.717, 1.165) is 0 Å². The van der Waals surface area contributed by atoms with E-state index in [-0.39, 0.29) is 0 Å². The van der Waals surface area contributed by atoms with Crippen LogP contribution in [0.1, 0.15) is 84.6 Å². The Morgan fingerprint density at radius 2 is 1.07 bits per heavy atom. The van der Waals surface area contributed by atoms with Crippen molar-refractivity contribution in [3.05, 3.63) is 35.9 Å². The third-order valence-electron chi connectivity index (χ3n) is 5.13. The normalized spacial score (nSPS) is 11.8. The average Bonchev–Trinajstić information content (AvgIpc) is 2.67. The molecular formula is C23H43O3PS. The van der Waals surface area contributed by atoms with Gasteiger partial charge in [0.05, 0.1) is 40.5 Å². The molecule has 0 bridgehead atoms. The number of benzene rings is 1. The highest BCUT2D eigenvalue weighted by Crippen LogP contribution is 2.61.